The summed E-state index contributed by atoms with van der Waals surface area (Å²) in [7, 11) is 0. The summed E-state index contributed by atoms with van der Waals surface area (Å²) in [5, 5.41) is 11.5. The van der Waals surface area contributed by atoms with Gasteiger partial charge in [-0.05, 0) is 24.3 Å². The number of carbonyl (C=O) groups is 1. The van der Waals surface area contributed by atoms with Gasteiger partial charge in [-0.15, -0.1) is 10.2 Å². The predicted molar refractivity (Wildman–Crippen MR) is 80.9 cm³/mol. The van der Waals surface area contributed by atoms with Crippen LogP contribution in [0.4, 0.5) is 0 Å². The third kappa shape index (κ3) is 3.24. The first-order valence-electron chi connectivity index (χ1n) is 6.58. The van der Waals surface area contributed by atoms with Crippen LogP contribution in [0.25, 0.3) is 0 Å². The Morgan fingerprint density at radius 2 is 1.68 bits per heavy atom. The van der Waals surface area contributed by atoms with Crippen LogP contribution in [0, 0.1) is 0 Å². The Kier molecular flexibility index (Phi) is 4.01. The van der Waals surface area contributed by atoms with Crippen LogP contribution in [0.5, 0.6) is 5.75 Å². The van der Waals surface area contributed by atoms with Crippen molar-refractivity contribution in [3.63, 3.8) is 0 Å². The van der Waals surface area contributed by atoms with Crippen LogP contribution in [0.3, 0.4) is 0 Å². The van der Waals surface area contributed by atoms with Gasteiger partial charge in [-0.1, -0.05) is 30.3 Å². The Morgan fingerprint density at radius 3 is 2.45 bits per heavy atom. The molecule has 3 aromatic rings. The molecule has 2 aromatic carbocycles. The molecule has 0 aliphatic heterocycles. The zero-order valence-electron chi connectivity index (χ0n) is 11.5. The van der Waals surface area contributed by atoms with E-state index in [1.54, 1.807) is 42.6 Å². The number of hydrogen-bond acceptors (Lipinski definition) is 5. The Balaban J connectivity index is 1.81. The van der Waals surface area contributed by atoms with Crippen molar-refractivity contribution in [1.29, 1.82) is 0 Å². The molecular weight excluding hydrogens is 280 g/mol. The van der Waals surface area contributed by atoms with Gasteiger partial charge >= 0.3 is 5.97 Å². The highest BCUT2D eigenvalue weighted by Crippen LogP contribution is 2.17. The minimum Gasteiger partial charge on any atom is -0.422 e. The van der Waals surface area contributed by atoms with Crippen molar-refractivity contribution in [3.05, 3.63) is 78.4 Å². The highest BCUT2D eigenvalue weighted by molar-refractivity contribution is 5.93. The van der Waals surface area contributed by atoms with Crippen molar-refractivity contribution in [2.45, 2.75) is 0 Å². The molecule has 0 radical (unpaired) electrons. The molecule has 1 aromatic heterocycles. The second-order valence-corrected chi connectivity index (χ2v) is 4.38. The molecule has 0 atom stereocenters. The van der Waals surface area contributed by atoms with Gasteiger partial charge in [-0.2, -0.15) is 5.10 Å². The van der Waals surface area contributed by atoms with Gasteiger partial charge in [-0.3, -0.25) is 0 Å². The van der Waals surface area contributed by atoms with Crippen molar-refractivity contribution in [2.75, 3.05) is 0 Å². The van der Waals surface area contributed by atoms with Crippen molar-refractivity contribution >= 4 is 12.2 Å². The third-order valence-corrected chi connectivity index (χ3v) is 2.87. The standard InChI is InChI=1S/C16H12N4O2/c21-16(13-6-2-1-3-7-13)22-15-9-5-4-8-14(15)10-19-20-11-17-18-12-20/h1-12H. The summed E-state index contributed by atoms with van der Waals surface area (Å²) in [6.45, 7) is 0. The number of nitrogens with zero attached hydrogens (tertiary/aromatic N) is 4. The van der Waals surface area contributed by atoms with E-state index in [0.717, 1.165) is 0 Å². The van der Waals surface area contributed by atoms with Gasteiger partial charge in [0.05, 0.1) is 11.8 Å². The maximum atomic E-state index is 12.1. The lowest BCUT2D eigenvalue weighted by Crippen LogP contribution is -2.09. The monoisotopic (exact) mass is 292 g/mol. The quantitative estimate of drug-likeness (QED) is 0.420. The van der Waals surface area contributed by atoms with Crippen LogP contribution in [0.1, 0.15) is 15.9 Å². The number of carbonyl (C=O) groups excluding carboxylic acids is 1. The summed E-state index contributed by atoms with van der Waals surface area (Å²) in [4.78, 5) is 12.1. The molecule has 0 bridgehead atoms. The molecule has 0 fully saturated rings. The average Bonchev–Trinajstić information content (AvgIpc) is 3.08. The first-order valence-corrected chi connectivity index (χ1v) is 6.58. The first-order chi connectivity index (χ1) is 10.8. The largest absolute Gasteiger partial charge is 0.422 e. The van der Waals surface area contributed by atoms with Crippen LogP contribution in [-0.4, -0.2) is 27.1 Å². The molecule has 0 aliphatic carbocycles. The molecule has 1 heterocycles. The van der Waals surface area contributed by atoms with E-state index in [0.29, 0.717) is 16.9 Å². The molecule has 0 spiro atoms. The molecule has 108 valence electrons. The van der Waals surface area contributed by atoms with Gasteiger partial charge in [0.2, 0.25) is 0 Å². The van der Waals surface area contributed by atoms with E-state index >= 15 is 0 Å². The Morgan fingerprint density at radius 1 is 1.00 bits per heavy atom. The van der Waals surface area contributed by atoms with E-state index in [9.17, 15) is 4.79 Å². The molecule has 0 saturated heterocycles. The van der Waals surface area contributed by atoms with Crippen molar-refractivity contribution in [2.24, 2.45) is 5.10 Å². The van der Waals surface area contributed by atoms with Crippen molar-refractivity contribution < 1.29 is 9.53 Å². The maximum absolute atomic E-state index is 12.1. The Hall–Kier alpha value is -3.28. The lowest BCUT2D eigenvalue weighted by atomic mass is 10.2. The number of esters is 1. The normalized spacial score (nSPS) is 10.7. The number of aromatic nitrogens is 3. The summed E-state index contributed by atoms with van der Waals surface area (Å²) in [6.07, 6.45) is 4.52. The average molecular weight is 292 g/mol. The zero-order valence-corrected chi connectivity index (χ0v) is 11.5. The van der Waals surface area contributed by atoms with Crippen molar-refractivity contribution in [1.82, 2.24) is 14.9 Å². The minimum atomic E-state index is -0.411. The Bertz CT molecular complexity index is 783. The van der Waals surface area contributed by atoms with Crippen LogP contribution >= 0.6 is 0 Å². The number of para-hydroxylation sites is 1. The van der Waals surface area contributed by atoms with E-state index in [1.807, 2.05) is 18.2 Å². The number of benzene rings is 2. The highest BCUT2D eigenvalue weighted by Gasteiger charge is 2.10. The second kappa shape index (κ2) is 6.45. The van der Waals surface area contributed by atoms with Gasteiger partial charge < -0.3 is 4.74 Å². The summed E-state index contributed by atoms with van der Waals surface area (Å²) in [6, 6.07) is 16.0. The maximum Gasteiger partial charge on any atom is 0.343 e. The van der Waals surface area contributed by atoms with Crippen LogP contribution < -0.4 is 4.74 Å². The van der Waals surface area contributed by atoms with E-state index in [1.165, 1.54) is 17.3 Å². The van der Waals surface area contributed by atoms with E-state index < -0.39 is 5.97 Å². The lowest BCUT2D eigenvalue weighted by Gasteiger charge is -2.07. The minimum absolute atomic E-state index is 0.411. The zero-order chi connectivity index (χ0) is 15.2. The van der Waals surface area contributed by atoms with E-state index in [2.05, 4.69) is 15.3 Å². The fourth-order valence-corrected chi connectivity index (χ4v) is 1.80. The Labute approximate surface area is 126 Å². The number of hydrogen-bond donors (Lipinski definition) is 0. The fraction of sp³-hybridized carbons (Fsp3) is 0. The lowest BCUT2D eigenvalue weighted by molar-refractivity contribution is 0.0734. The van der Waals surface area contributed by atoms with E-state index in [4.69, 9.17) is 4.74 Å². The van der Waals surface area contributed by atoms with E-state index in [-0.39, 0.29) is 0 Å². The molecule has 0 amide bonds. The molecule has 0 saturated carbocycles. The number of rotatable bonds is 4. The molecule has 6 nitrogen and oxygen atoms in total. The SMILES string of the molecule is O=C(Oc1ccccc1C=Nn1cnnc1)c1ccccc1. The van der Waals surface area contributed by atoms with Gasteiger partial charge in [0.15, 0.2) is 0 Å². The molecule has 3 rings (SSSR count). The molecule has 0 unspecified atom stereocenters. The molecule has 6 heteroatoms. The third-order valence-electron chi connectivity index (χ3n) is 2.87. The molecular formula is C16H12N4O2. The first kappa shape index (κ1) is 13.7. The molecule has 0 N–H and O–H groups in total. The van der Waals surface area contributed by atoms with Gasteiger partial charge in [0.25, 0.3) is 0 Å². The van der Waals surface area contributed by atoms with Gasteiger partial charge in [0.1, 0.15) is 18.4 Å². The van der Waals surface area contributed by atoms with Gasteiger partial charge in [0, 0.05) is 5.56 Å². The van der Waals surface area contributed by atoms with Gasteiger partial charge in [-0.25, -0.2) is 9.47 Å². The summed E-state index contributed by atoms with van der Waals surface area (Å²) < 4.78 is 6.88. The second-order valence-electron chi connectivity index (χ2n) is 4.38. The summed E-state index contributed by atoms with van der Waals surface area (Å²) in [5.74, 6) is 0.0268. The predicted octanol–water partition coefficient (Wildman–Crippen LogP) is 2.38. The van der Waals surface area contributed by atoms with Crippen molar-refractivity contribution in [3.8, 4) is 5.75 Å². The molecule has 0 aliphatic rings. The fourth-order valence-electron chi connectivity index (χ4n) is 1.80. The summed E-state index contributed by atoms with van der Waals surface area (Å²) >= 11 is 0. The topological polar surface area (TPSA) is 69.4 Å². The van der Waals surface area contributed by atoms with Crippen LogP contribution in [-0.2, 0) is 0 Å². The van der Waals surface area contributed by atoms with Crippen LogP contribution in [0.15, 0.2) is 72.4 Å². The number of ether oxygens (including phenoxy) is 1. The molecule has 22 heavy (non-hydrogen) atoms. The smallest absolute Gasteiger partial charge is 0.343 e. The highest BCUT2D eigenvalue weighted by atomic mass is 16.5. The summed E-state index contributed by atoms with van der Waals surface area (Å²) in [5.41, 5.74) is 1.17. The van der Waals surface area contributed by atoms with Crippen LogP contribution in [0.2, 0.25) is 0 Å².